The summed E-state index contributed by atoms with van der Waals surface area (Å²) in [6.07, 6.45) is 0. The topological polar surface area (TPSA) is 60.9 Å². The van der Waals surface area contributed by atoms with Gasteiger partial charge in [-0.15, -0.1) is 0 Å². The van der Waals surface area contributed by atoms with Crippen LogP contribution in [0, 0.1) is 0 Å². The quantitative estimate of drug-likeness (QED) is 0.483. The van der Waals surface area contributed by atoms with Crippen molar-refractivity contribution in [3.63, 3.8) is 0 Å². The number of anilines is 1. The molecule has 0 atom stereocenters. The summed E-state index contributed by atoms with van der Waals surface area (Å²) in [6, 6.07) is 0. The molecule has 120 valence electrons. The summed E-state index contributed by atoms with van der Waals surface area (Å²) in [4.78, 5) is 18.1. The fourth-order valence-corrected chi connectivity index (χ4v) is 2.84. The zero-order valence-electron chi connectivity index (χ0n) is 12.6. The average Bonchev–Trinajstić information content (AvgIpc) is 2.87. The van der Waals surface area contributed by atoms with Gasteiger partial charge in [0.2, 0.25) is 0 Å². The van der Waals surface area contributed by atoms with Crippen LogP contribution >= 0.6 is 22.9 Å². The van der Waals surface area contributed by atoms with Gasteiger partial charge in [0, 0.05) is 26.3 Å². The number of esters is 1. The van der Waals surface area contributed by atoms with E-state index in [2.05, 4.69) is 9.72 Å². The lowest BCUT2D eigenvalue weighted by Crippen LogP contribution is -2.31. The van der Waals surface area contributed by atoms with Gasteiger partial charge in [-0.25, -0.2) is 9.78 Å². The first-order chi connectivity index (χ1) is 10.1. The van der Waals surface area contributed by atoms with E-state index in [4.69, 9.17) is 21.1 Å². The summed E-state index contributed by atoms with van der Waals surface area (Å²) < 4.78 is 15.4. The largest absolute Gasteiger partial charge is 0.465 e. The van der Waals surface area contributed by atoms with E-state index < -0.39 is 5.97 Å². The van der Waals surface area contributed by atoms with Crippen molar-refractivity contribution in [3.8, 4) is 0 Å². The molecule has 0 spiro atoms. The molecule has 1 rings (SSSR count). The number of thiazole rings is 1. The van der Waals surface area contributed by atoms with Crippen molar-refractivity contribution in [2.24, 2.45) is 0 Å². The number of rotatable bonds is 10. The van der Waals surface area contributed by atoms with Crippen LogP contribution in [0.4, 0.5) is 5.13 Å². The van der Waals surface area contributed by atoms with Crippen LogP contribution in [0.1, 0.15) is 23.5 Å². The van der Waals surface area contributed by atoms with Gasteiger partial charge in [-0.2, -0.15) is 0 Å². The zero-order chi connectivity index (χ0) is 15.7. The smallest absolute Gasteiger partial charge is 0.351 e. The van der Waals surface area contributed by atoms with E-state index in [0.29, 0.717) is 49.5 Å². The molecule has 8 heteroatoms. The first-order valence-electron chi connectivity index (χ1n) is 6.79. The van der Waals surface area contributed by atoms with Crippen LogP contribution in [0.3, 0.4) is 0 Å². The molecule has 0 aliphatic carbocycles. The number of carbonyl (C=O) groups is 1. The van der Waals surface area contributed by atoms with E-state index in [-0.39, 0.29) is 5.15 Å². The fraction of sp³-hybridized carbons (Fsp3) is 0.692. The fourth-order valence-electron chi connectivity index (χ4n) is 1.59. The molecule has 1 aromatic rings. The van der Waals surface area contributed by atoms with E-state index in [1.54, 1.807) is 0 Å². The lowest BCUT2D eigenvalue weighted by Gasteiger charge is -2.21. The normalized spacial score (nSPS) is 10.7. The molecular weight excluding hydrogens is 316 g/mol. The molecule has 0 bridgehead atoms. The van der Waals surface area contributed by atoms with Crippen molar-refractivity contribution in [2.45, 2.75) is 13.8 Å². The standard InChI is InChI=1S/C13H21ClN2O4S/c1-4-19-8-6-16(7-9-20-5-2)13-15-11(14)10(21-13)12(17)18-3/h4-9H2,1-3H3. The van der Waals surface area contributed by atoms with Gasteiger partial charge in [0.15, 0.2) is 15.2 Å². The van der Waals surface area contributed by atoms with Crippen LogP contribution in [0.5, 0.6) is 0 Å². The minimum absolute atomic E-state index is 0.166. The van der Waals surface area contributed by atoms with Gasteiger partial charge in [-0.1, -0.05) is 22.9 Å². The zero-order valence-corrected chi connectivity index (χ0v) is 14.1. The minimum Gasteiger partial charge on any atom is -0.465 e. The predicted molar refractivity (Wildman–Crippen MR) is 83.7 cm³/mol. The number of methoxy groups -OCH3 is 1. The third-order valence-electron chi connectivity index (χ3n) is 2.64. The Morgan fingerprint density at radius 2 is 1.81 bits per heavy atom. The van der Waals surface area contributed by atoms with E-state index in [0.717, 1.165) is 0 Å². The Morgan fingerprint density at radius 1 is 1.24 bits per heavy atom. The van der Waals surface area contributed by atoms with Gasteiger partial charge in [-0.3, -0.25) is 0 Å². The molecule has 0 N–H and O–H groups in total. The van der Waals surface area contributed by atoms with Crippen LogP contribution in [0.25, 0.3) is 0 Å². The Labute approximate surface area is 134 Å². The first kappa shape index (κ1) is 18.2. The van der Waals surface area contributed by atoms with Crippen LogP contribution in [-0.4, -0.2) is 57.6 Å². The molecular formula is C13H21ClN2O4S. The SMILES string of the molecule is CCOCCN(CCOCC)c1nc(Cl)c(C(=O)OC)s1. The second-order valence-electron chi connectivity index (χ2n) is 3.99. The monoisotopic (exact) mass is 336 g/mol. The molecule has 0 fully saturated rings. The summed E-state index contributed by atoms with van der Waals surface area (Å²) in [5, 5.41) is 0.833. The Morgan fingerprint density at radius 3 is 2.29 bits per heavy atom. The molecule has 0 radical (unpaired) electrons. The van der Waals surface area contributed by atoms with E-state index in [1.165, 1.54) is 18.4 Å². The summed E-state index contributed by atoms with van der Waals surface area (Å²) in [5.74, 6) is -0.474. The van der Waals surface area contributed by atoms with Crippen LogP contribution in [-0.2, 0) is 14.2 Å². The molecule has 0 aliphatic rings. The molecule has 0 unspecified atom stereocenters. The number of aromatic nitrogens is 1. The number of nitrogens with zero attached hydrogens (tertiary/aromatic N) is 2. The van der Waals surface area contributed by atoms with Gasteiger partial charge >= 0.3 is 5.97 Å². The molecule has 6 nitrogen and oxygen atoms in total. The number of ether oxygens (including phenoxy) is 3. The summed E-state index contributed by atoms with van der Waals surface area (Å²) >= 11 is 7.21. The predicted octanol–water partition coefficient (Wildman–Crippen LogP) is 2.46. The summed E-state index contributed by atoms with van der Waals surface area (Å²) in [7, 11) is 1.32. The van der Waals surface area contributed by atoms with Crippen molar-refractivity contribution in [1.29, 1.82) is 0 Å². The summed E-state index contributed by atoms with van der Waals surface area (Å²) in [6.45, 7) is 7.68. The average molecular weight is 337 g/mol. The Kier molecular flexibility index (Phi) is 8.60. The number of hydrogen-bond acceptors (Lipinski definition) is 7. The molecule has 1 aromatic heterocycles. The van der Waals surface area contributed by atoms with Crippen molar-refractivity contribution >= 4 is 34.0 Å². The summed E-state index contributed by atoms with van der Waals surface area (Å²) in [5.41, 5.74) is 0. The molecule has 21 heavy (non-hydrogen) atoms. The molecule has 1 heterocycles. The lowest BCUT2D eigenvalue weighted by atomic mass is 10.5. The molecule has 0 saturated heterocycles. The highest BCUT2D eigenvalue weighted by Crippen LogP contribution is 2.30. The van der Waals surface area contributed by atoms with Gasteiger partial charge in [0.05, 0.1) is 20.3 Å². The van der Waals surface area contributed by atoms with Crippen LogP contribution in [0.2, 0.25) is 5.15 Å². The Hall–Kier alpha value is -0.890. The minimum atomic E-state index is -0.474. The molecule has 0 amide bonds. The second kappa shape index (κ2) is 9.94. The van der Waals surface area contributed by atoms with E-state index >= 15 is 0 Å². The number of hydrogen-bond donors (Lipinski definition) is 0. The van der Waals surface area contributed by atoms with Crippen molar-refractivity contribution in [1.82, 2.24) is 4.98 Å². The second-order valence-corrected chi connectivity index (χ2v) is 5.32. The molecule has 0 aromatic carbocycles. The maximum atomic E-state index is 11.6. The molecule has 0 aliphatic heterocycles. The Balaban J connectivity index is 2.78. The van der Waals surface area contributed by atoms with Gasteiger partial charge in [0.25, 0.3) is 0 Å². The van der Waals surface area contributed by atoms with Crippen molar-refractivity contribution in [3.05, 3.63) is 10.0 Å². The highest BCUT2D eigenvalue weighted by Gasteiger charge is 2.20. The third-order valence-corrected chi connectivity index (χ3v) is 4.12. The highest BCUT2D eigenvalue weighted by molar-refractivity contribution is 7.18. The van der Waals surface area contributed by atoms with Crippen molar-refractivity contribution in [2.75, 3.05) is 51.5 Å². The highest BCUT2D eigenvalue weighted by atomic mass is 35.5. The van der Waals surface area contributed by atoms with E-state index in [9.17, 15) is 4.79 Å². The van der Waals surface area contributed by atoms with Gasteiger partial charge in [-0.05, 0) is 13.8 Å². The van der Waals surface area contributed by atoms with Crippen LogP contribution in [0.15, 0.2) is 0 Å². The van der Waals surface area contributed by atoms with Gasteiger partial charge < -0.3 is 19.1 Å². The van der Waals surface area contributed by atoms with E-state index in [1.807, 2.05) is 18.7 Å². The maximum absolute atomic E-state index is 11.6. The molecule has 0 saturated carbocycles. The van der Waals surface area contributed by atoms with Crippen LogP contribution < -0.4 is 4.90 Å². The maximum Gasteiger partial charge on any atom is 0.351 e. The lowest BCUT2D eigenvalue weighted by molar-refractivity contribution is 0.0606. The Bertz CT molecular complexity index is 432. The third kappa shape index (κ3) is 5.78. The van der Waals surface area contributed by atoms with Crippen molar-refractivity contribution < 1.29 is 19.0 Å². The first-order valence-corrected chi connectivity index (χ1v) is 7.98. The number of carbonyl (C=O) groups excluding carboxylic acids is 1. The van der Waals surface area contributed by atoms with Gasteiger partial charge in [0.1, 0.15) is 0 Å². The number of halogens is 1.